The molecule has 2 aromatic carbocycles. The van der Waals surface area contributed by atoms with Crippen molar-refractivity contribution >= 4 is 21.6 Å². The summed E-state index contributed by atoms with van der Waals surface area (Å²) in [6, 6.07) is 15.8. The lowest BCUT2D eigenvalue weighted by Gasteiger charge is -2.07. The van der Waals surface area contributed by atoms with Crippen LogP contribution in [0, 0.1) is 5.82 Å². The molecule has 0 aliphatic heterocycles. The van der Waals surface area contributed by atoms with Gasteiger partial charge < -0.3 is 9.73 Å². The van der Waals surface area contributed by atoms with Gasteiger partial charge in [0, 0.05) is 12.2 Å². The minimum absolute atomic E-state index is 0.0543. The van der Waals surface area contributed by atoms with E-state index in [1.54, 1.807) is 42.5 Å². The van der Waals surface area contributed by atoms with Gasteiger partial charge in [0.2, 0.25) is 10.0 Å². The third kappa shape index (κ3) is 4.95. The summed E-state index contributed by atoms with van der Waals surface area (Å²) in [5.41, 5.74) is 1.39. The van der Waals surface area contributed by atoms with Gasteiger partial charge in [0.1, 0.15) is 11.6 Å². The van der Waals surface area contributed by atoms with Crippen LogP contribution < -0.4 is 10.0 Å². The van der Waals surface area contributed by atoms with Crippen molar-refractivity contribution in [2.24, 2.45) is 0 Å². The number of anilines is 1. The Hall–Kier alpha value is -3.13. The zero-order chi connectivity index (χ0) is 19.4. The van der Waals surface area contributed by atoms with Gasteiger partial charge in [0.25, 0.3) is 5.91 Å². The average Bonchev–Trinajstić information content (AvgIpc) is 3.09. The summed E-state index contributed by atoms with van der Waals surface area (Å²) in [4.78, 5) is 12.3. The summed E-state index contributed by atoms with van der Waals surface area (Å²) in [7, 11) is -3.38. The van der Waals surface area contributed by atoms with Crippen molar-refractivity contribution in [2.45, 2.75) is 6.54 Å². The van der Waals surface area contributed by atoms with Crippen LogP contribution in [-0.4, -0.2) is 20.6 Å². The molecule has 2 N–H and O–H groups in total. The maximum atomic E-state index is 13.8. The van der Waals surface area contributed by atoms with Crippen LogP contribution in [0.15, 0.2) is 65.1 Å². The molecule has 1 amide bonds. The monoisotopic (exact) mass is 388 g/mol. The van der Waals surface area contributed by atoms with E-state index in [1.807, 2.05) is 0 Å². The lowest BCUT2D eigenvalue weighted by atomic mass is 10.1. The second kappa shape index (κ2) is 7.63. The second-order valence-corrected chi connectivity index (χ2v) is 7.65. The minimum atomic E-state index is -3.38. The van der Waals surface area contributed by atoms with E-state index in [1.165, 1.54) is 18.2 Å². The molecule has 0 atom stereocenters. The number of amides is 1. The molecule has 8 heteroatoms. The van der Waals surface area contributed by atoms with E-state index in [0.717, 1.165) is 6.26 Å². The van der Waals surface area contributed by atoms with E-state index in [-0.39, 0.29) is 23.6 Å². The Labute approximate surface area is 156 Å². The highest BCUT2D eigenvalue weighted by atomic mass is 32.2. The van der Waals surface area contributed by atoms with Gasteiger partial charge in [-0.25, -0.2) is 12.8 Å². The zero-order valence-electron chi connectivity index (χ0n) is 14.4. The van der Waals surface area contributed by atoms with Crippen LogP contribution in [0.1, 0.15) is 16.1 Å². The summed E-state index contributed by atoms with van der Waals surface area (Å²) in [5, 5.41) is 2.68. The number of halogens is 1. The predicted molar refractivity (Wildman–Crippen MR) is 100 cm³/mol. The lowest BCUT2D eigenvalue weighted by molar-refractivity contribution is 0.0924. The topological polar surface area (TPSA) is 88.4 Å². The van der Waals surface area contributed by atoms with Gasteiger partial charge in [-0.1, -0.05) is 24.3 Å². The fraction of sp³-hybridized carbons (Fsp3) is 0.105. The second-order valence-electron chi connectivity index (χ2n) is 5.90. The van der Waals surface area contributed by atoms with Crippen LogP contribution in [0.2, 0.25) is 0 Å². The van der Waals surface area contributed by atoms with Gasteiger partial charge >= 0.3 is 0 Å². The molecule has 0 fully saturated rings. The summed E-state index contributed by atoms with van der Waals surface area (Å²) in [5.74, 6) is -0.579. The molecule has 3 aromatic rings. The molecule has 0 unspecified atom stereocenters. The Morgan fingerprint density at radius 2 is 1.85 bits per heavy atom. The number of hydrogen-bond acceptors (Lipinski definition) is 4. The third-order valence-electron chi connectivity index (χ3n) is 3.65. The van der Waals surface area contributed by atoms with Crippen LogP contribution in [0.3, 0.4) is 0 Å². The van der Waals surface area contributed by atoms with Crippen LogP contribution >= 0.6 is 0 Å². The van der Waals surface area contributed by atoms with Gasteiger partial charge in [0.05, 0.1) is 11.8 Å². The largest absolute Gasteiger partial charge is 0.451 e. The predicted octanol–water partition coefficient (Wildman–Crippen LogP) is 3.39. The van der Waals surface area contributed by atoms with Gasteiger partial charge in [-0.05, 0) is 42.0 Å². The van der Waals surface area contributed by atoms with Crippen molar-refractivity contribution in [1.82, 2.24) is 5.32 Å². The van der Waals surface area contributed by atoms with Crippen molar-refractivity contribution in [2.75, 3.05) is 11.0 Å². The number of carbonyl (C=O) groups is 1. The van der Waals surface area contributed by atoms with E-state index in [0.29, 0.717) is 11.3 Å². The molecule has 0 aliphatic rings. The maximum Gasteiger partial charge on any atom is 0.287 e. The molecule has 1 heterocycles. The third-order valence-corrected chi connectivity index (χ3v) is 4.26. The zero-order valence-corrected chi connectivity index (χ0v) is 15.2. The molecule has 140 valence electrons. The van der Waals surface area contributed by atoms with E-state index in [4.69, 9.17) is 4.42 Å². The fourth-order valence-electron chi connectivity index (χ4n) is 2.49. The number of furan rings is 1. The normalized spacial score (nSPS) is 11.2. The number of nitrogens with one attached hydrogen (secondary N) is 2. The number of rotatable bonds is 6. The van der Waals surface area contributed by atoms with Crippen LogP contribution in [0.4, 0.5) is 10.1 Å². The lowest BCUT2D eigenvalue weighted by Crippen LogP contribution is -2.22. The molecule has 0 saturated carbocycles. The molecule has 1 aromatic heterocycles. The first-order chi connectivity index (χ1) is 12.8. The van der Waals surface area contributed by atoms with E-state index in [2.05, 4.69) is 10.0 Å². The summed E-state index contributed by atoms with van der Waals surface area (Å²) in [6.07, 6.45) is 1.06. The van der Waals surface area contributed by atoms with E-state index >= 15 is 0 Å². The molecule has 0 saturated heterocycles. The Kier molecular flexibility index (Phi) is 5.27. The molecule has 0 bridgehead atoms. The maximum absolute atomic E-state index is 13.8. The molecule has 3 rings (SSSR count). The van der Waals surface area contributed by atoms with Crippen LogP contribution in [-0.2, 0) is 16.6 Å². The Balaban J connectivity index is 1.67. The molecule has 0 radical (unpaired) electrons. The highest BCUT2D eigenvalue weighted by Gasteiger charge is 2.14. The summed E-state index contributed by atoms with van der Waals surface area (Å²) >= 11 is 0. The molecule has 0 aliphatic carbocycles. The highest BCUT2D eigenvalue weighted by molar-refractivity contribution is 7.92. The van der Waals surface area contributed by atoms with Crippen LogP contribution in [0.25, 0.3) is 11.3 Å². The molecule has 6 nitrogen and oxygen atoms in total. The molecule has 27 heavy (non-hydrogen) atoms. The van der Waals surface area contributed by atoms with Crippen molar-refractivity contribution in [3.05, 3.63) is 77.8 Å². The Morgan fingerprint density at radius 3 is 2.59 bits per heavy atom. The van der Waals surface area contributed by atoms with Gasteiger partial charge in [-0.3, -0.25) is 9.52 Å². The van der Waals surface area contributed by atoms with Crippen LogP contribution in [0.5, 0.6) is 0 Å². The SMILES string of the molecule is CS(=O)(=O)Nc1cccc(CNC(=O)c2ccc(-c3ccccc3F)o2)c1. The standard InChI is InChI=1S/C19H17FN2O4S/c1-27(24,25)22-14-6-4-5-13(11-14)12-21-19(23)18-10-9-17(26-18)15-7-2-3-8-16(15)20/h2-11,22H,12H2,1H3,(H,21,23). The fourth-order valence-corrected chi connectivity index (χ4v) is 3.05. The van der Waals surface area contributed by atoms with E-state index < -0.39 is 21.7 Å². The number of hydrogen-bond donors (Lipinski definition) is 2. The van der Waals surface area contributed by atoms with Gasteiger partial charge in [0.15, 0.2) is 5.76 Å². The Morgan fingerprint density at radius 1 is 1.07 bits per heavy atom. The first-order valence-electron chi connectivity index (χ1n) is 8.01. The van der Waals surface area contributed by atoms with Gasteiger partial charge in [-0.15, -0.1) is 0 Å². The minimum Gasteiger partial charge on any atom is -0.451 e. The summed E-state index contributed by atoms with van der Waals surface area (Å²) in [6.45, 7) is 0.174. The number of sulfonamides is 1. The number of carbonyl (C=O) groups excluding carboxylic acids is 1. The first kappa shape index (κ1) is 18.7. The smallest absolute Gasteiger partial charge is 0.287 e. The molecular weight excluding hydrogens is 371 g/mol. The number of benzene rings is 2. The van der Waals surface area contributed by atoms with Gasteiger partial charge in [-0.2, -0.15) is 0 Å². The highest BCUT2D eigenvalue weighted by Crippen LogP contribution is 2.24. The average molecular weight is 388 g/mol. The van der Waals surface area contributed by atoms with Crippen molar-refractivity contribution in [1.29, 1.82) is 0 Å². The van der Waals surface area contributed by atoms with Crippen molar-refractivity contribution in [3.8, 4) is 11.3 Å². The summed E-state index contributed by atoms with van der Waals surface area (Å²) < 4.78 is 44.2. The first-order valence-corrected chi connectivity index (χ1v) is 9.90. The van der Waals surface area contributed by atoms with E-state index in [9.17, 15) is 17.6 Å². The van der Waals surface area contributed by atoms with Crippen molar-refractivity contribution in [3.63, 3.8) is 0 Å². The quantitative estimate of drug-likeness (QED) is 0.678. The molecular formula is C19H17FN2O4S. The van der Waals surface area contributed by atoms with Crippen molar-refractivity contribution < 1.29 is 22.0 Å². The Bertz CT molecular complexity index is 1080. The molecule has 0 spiro atoms.